The molecule has 2 N–H and O–H groups in total. The van der Waals surface area contributed by atoms with Gasteiger partial charge < -0.3 is 10.5 Å². The van der Waals surface area contributed by atoms with Crippen molar-refractivity contribution in [1.29, 1.82) is 0 Å². The topological polar surface area (TPSA) is 35.2 Å². The number of hydrogen-bond acceptors (Lipinski definition) is 2. The van der Waals surface area contributed by atoms with Crippen LogP contribution in [0, 0.1) is 0 Å². The number of aryl methyl sites for hydroxylation is 2. The van der Waals surface area contributed by atoms with Gasteiger partial charge in [-0.1, -0.05) is 32.0 Å². The van der Waals surface area contributed by atoms with E-state index in [0.717, 1.165) is 25.7 Å². The van der Waals surface area contributed by atoms with E-state index >= 15 is 0 Å². The van der Waals surface area contributed by atoms with E-state index in [1.54, 1.807) is 0 Å². The standard InChI is InChI=1S/C16H25NO/c1-3-13-9-8-12(10-14(13)4-2)11-18-16-7-5-6-15(16)17/h8-10,15-16H,3-7,11,17H2,1-2H3/t15-,16-/m0/s1. The maximum Gasteiger partial charge on any atom is 0.0730 e. The van der Waals surface area contributed by atoms with Crippen molar-refractivity contribution in [2.75, 3.05) is 0 Å². The number of ether oxygens (including phenoxy) is 1. The molecule has 0 aliphatic heterocycles. The molecule has 1 fully saturated rings. The van der Waals surface area contributed by atoms with E-state index < -0.39 is 0 Å². The minimum Gasteiger partial charge on any atom is -0.372 e. The van der Waals surface area contributed by atoms with Gasteiger partial charge in [0.15, 0.2) is 0 Å². The lowest BCUT2D eigenvalue weighted by molar-refractivity contribution is 0.0357. The van der Waals surface area contributed by atoms with Crippen LogP contribution in [0.4, 0.5) is 0 Å². The summed E-state index contributed by atoms with van der Waals surface area (Å²) in [6.45, 7) is 5.13. The van der Waals surface area contributed by atoms with Crippen molar-refractivity contribution < 1.29 is 4.74 Å². The van der Waals surface area contributed by atoms with Gasteiger partial charge in [-0.2, -0.15) is 0 Å². The highest BCUT2D eigenvalue weighted by atomic mass is 16.5. The third-order valence-corrected chi connectivity index (χ3v) is 4.00. The molecule has 0 radical (unpaired) electrons. The zero-order chi connectivity index (χ0) is 13.0. The van der Waals surface area contributed by atoms with Crippen molar-refractivity contribution in [2.24, 2.45) is 5.73 Å². The Hall–Kier alpha value is -0.860. The van der Waals surface area contributed by atoms with Crippen LogP contribution in [0.2, 0.25) is 0 Å². The number of hydrogen-bond donors (Lipinski definition) is 1. The predicted molar refractivity (Wildman–Crippen MR) is 75.6 cm³/mol. The molecule has 2 rings (SSSR count). The van der Waals surface area contributed by atoms with Crippen molar-refractivity contribution >= 4 is 0 Å². The number of benzene rings is 1. The quantitative estimate of drug-likeness (QED) is 0.867. The average Bonchev–Trinajstić information content (AvgIpc) is 2.81. The van der Waals surface area contributed by atoms with Crippen molar-refractivity contribution in [3.63, 3.8) is 0 Å². The van der Waals surface area contributed by atoms with Gasteiger partial charge in [0.1, 0.15) is 0 Å². The Labute approximate surface area is 111 Å². The van der Waals surface area contributed by atoms with Crippen LogP contribution in [0.5, 0.6) is 0 Å². The lowest BCUT2D eigenvalue weighted by atomic mass is 10.0. The first-order valence-corrected chi connectivity index (χ1v) is 7.22. The van der Waals surface area contributed by atoms with E-state index in [2.05, 4.69) is 32.0 Å². The summed E-state index contributed by atoms with van der Waals surface area (Å²) in [5.41, 5.74) is 10.2. The summed E-state index contributed by atoms with van der Waals surface area (Å²) in [6.07, 6.45) is 5.91. The summed E-state index contributed by atoms with van der Waals surface area (Å²) in [5, 5.41) is 0. The Kier molecular flexibility index (Phi) is 4.79. The van der Waals surface area contributed by atoms with Crippen LogP contribution in [-0.2, 0) is 24.2 Å². The molecule has 0 amide bonds. The molecule has 18 heavy (non-hydrogen) atoms. The molecule has 1 aromatic carbocycles. The highest BCUT2D eigenvalue weighted by Gasteiger charge is 2.24. The SMILES string of the molecule is CCc1ccc(CO[C@H]2CCC[C@@H]2N)cc1CC. The zero-order valence-corrected chi connectivity index (χ0v) is 11.6. The third kappa shape index (κ3) is 3.12. The highest BCUT2D eigenvalue weighted by molar-refractivity contribution is 5.31. The normalized spacial score (nSPS) is 23.5. The van der Waals surface area contributed by atoms with Crippen molar-refractivity contribution in [3.05, 3.63) is 34.9 Å². The monoisotopic (exact) mass is 247 g/mol. The van der Waals surface area contributed by atoms with Gasteiger partial charge in [-0.25, -0.2) is 0 Å². The van der Waals surface area contributed by atoms with Crippen molar-refractivity contribution in [1.82, 2.24) is 0 Å². The summed E-state index contributed by atoms with van der Waals surface area (Å²) in [7, 11) is 0. The molecule has 0 heterocycles. The van der Waals surface area contributed by atoms with Crippen LogP contribution >= 0.6 is 0 Å². The average molecular weight is 247 g/mol. The molecule has 1 aliphatic rings. The van der Waals surface area contributed by atoms with Crippen LogP contribution < -0.4 is 5.73 Å². The van der Waals surface area contributed by atoms with Crippen molar-refractivity contribution in [2.45, 2.75) is 64.7 Å². The van der Waals surface area contributed by atoms with Gasteiger partial charge >= 0.3 is 0 Å². The molecule has 0 unspecified atom stereocenters. The summed E-state index contributed by atoms with van der Waals surface area (Å²) < 4.78 is 5.95. The Morgan fingerprint density at radius 3 is 2.56 bits per heavy atom. The van der Waals surface area contributed by atoms with Crippen LogP contribution in [0.15, 0.2) is 18.2 Å². The van der Waals surface area contributed by atoms with Gasteiger partial charge in [0.2, 0.25) is 0 Å². The first-order chi connectivity index (χ1) is 8.74. The van der Waals surface area contributed by atoms with Crippen LogP contribution in [0.25, 0.3) is 0 Å². The van der Waals surface area contributed by atoms with Gasteiger partial charge in [0, 0.05) is 6.04 Å². The molecule has 0 spiro atoms. The third-order valence-electron chi connectivity index (χ3n) is 4.00. The van der Waals surface area contributed by atoms with Gasteiger partial charge in [0.05, 0.1) is 12.7 Å². The van der Waals surface area contributed by atoms with E-state index in [0.29, 0.717) is 6.61 Å². The molecule has 2 atom stereocenters. The minimum absolute atomic E-state index is 0.241. The fourth-order valence-electron chi connectivity index (χ4n) is 2.81. The van der Waals surface area contributed by atoms with Gasteiger partial charge in [-0.3, -0.25) is 0 Å². The van der Waals surface area contributed by atoms with E-state index in [1.807, 2.05) is 0 Å². The summed E-state index contributed by atoms with van der Waals surface area (Å²) in [4.78, 5) is 0. The van der Waals surface area contributed by atoms with Crippen LogP contribution in [0.1, 0.15) is 49.8 Å². The molecule has 1 aromatic rings. The first-order valence-electron chi connectivity index (χ1n) is 7.22. The van der Waals surface area contributed by atoms with Gasteiger partial charge in [-0.05, 0) is 48.8 Å². The molecule has 2 nitrogen and oxygen atoms in total. The lowest BCUT2D eigenvalue weighted by Crippen LogP contribution is -2.31. The van der Waals surface area contributed by atoms with Crippen molar-refractivity contribution in [3.8, 4) is 0 Å². The smallest absolute Gasteiger partial charge is 0.0730 e. The Morgan fingerprint density at radius 1 is 1.17 bits per heavy atom. The fraction of sp³-hybridized carbons (Fsp3) is 0.625. The van der Waals surface area contributed by atoms with Crippen LogP contribution in [0.3, 0.4) is 0 Å². The number of nitrogens with two attached hydrogens (primary N) is 1. The Morgan fingerprint density at radius 2 is 1.94 bits per heavy atom. The van der Waals surface area contributed by atoms with E-state index in [-0.39, 0.29) is 12.1 Å². The summed E-state index contributed by atoms with van der Waals surface area (Å²) in [6, 6.07) is 6.97. The van der Waals surface area contributed by atoms with E-state index in [9.17, 15) is 0 Å². The minimum atomic E-state index is 0.241. The molecule has 0 bridgehead atoms. The highest BCUT2D eigenvalue weighted by Crippen LogP contribution is 2.22. The molecule has 100 valence electrons. The second-order valence-electron chi connectivity index (χ2n) is 5.25. The molecule has 0 saturated heterocycles. The molecule has 2 heteroatoms. The Balaban J connectivity index is 1.97. The van der Waals surface area contributed by atoms with E-state index in [1.165, 1.54) is 23.1 Å². The Bertz CT molecular complexity index is 389. The maximum atomic E-state index is 6.02. The summed E-state index contributed by atoms with van der Waals surface area (Å²) in [5.74, 6) is 0. The largest absolute Gasteiger partial charge is 0.372 e. The molecule has 1 aliphatic carbocycles. The van der Waals surface area contributed by atoms with Crippen LogP contribution in [-0.4, -0.2) is 12.1 Å². The molecular weight excluding hydrogens is 222 g/mol. The summed E-state index contributed by atoms with van der Waals surface area (Å²) >= 11 is 0. The number of rotatable bonds is 5. The second kappa shape index (κ2) is 6.35. The van der Waals surface area contributed by atoms with E-state index in [4.69, 9.17) is 10.5 Å². The van der Waals surface area contributed by atoms with Gasteiger partial charge in [-0.15, -0.1) is 0 Å². The molecular formula is C16H25NO. The fourth-order valence-corrected chi connectivity index (χ4v) is 2.81. The second-order valence-corrected chi connectivity index (χ2v) is 5.25. The maximum absolute atomic E-state index is 6.02. The predicted octanol–water partition coefficient (Wildman–Crippen LogP) is 3.21. The first kappa shape index (κ1) is 13.6. The zero-order valence-electron chi connectivity index (χ0n) is 11.6. The van der Waals surface area contributed by atoms with Gasteiger partial charge in [0.25, 0.3) is 0 Å². The molecule has 1 saturated carbocycles. The molecule has 0 aromatic heterocycles. The lowest BCUT2D eigenvalue weighted by Gasteiger charge is -2.17.